The maximum Gasteiger partial charge on any atom is 0.346 e. The summed E-state index contributed by atoms with van der Waals surface area (Å²) in [6, 6.07) is 10.3. The number of hydrogen-bond acceptors (Lipinski definition) is 6. The number of carbonyl (C=O) groups is 1. The first-order valence-electron chi connectivity index (χ1n) is 12.8. The molecule has 3 aromatic rings. The maximum absolute atomic E-state index is 12.4. The van der Waals surface area contributed by atoms with Crippen molar-refractivity contribution in [2.75, 3.05) is 25.2 Å². The lowest BCUT2D eigenvalue weighted by molar-refractivity contribution is 0.0701. The van der Waals surface area contributed by atoms with Gasteiger partial charge in [0.2, 0.25) is 0 Å². The zero-order chi connectivity index (χ0) is 25.3. The molecule has 0 spiro atoms. The van der Waals surface area contributed by atoms with Crippen LogP contribution in [0.2, 0.25) is 0 Å². The Bertz CT molecular complexity index is 1340. The van der Waals surface area contributed by atoms with Gasteiger partial charge in [0.15, 0.2) is 9.84 Å². The lowest BCUT2D eigenvalue weighted by Gasteiger charge is -2.23. The Morgan fingerprint density at radius 1 is 1.17 bits per heavy atom. The molecule has 0 radical (unpaired) electrons. The van der Waals surface area contributed by atoms with Gasteiger partial charge in [0.05, 0.1) is 27.4 Å². The summed E-state index contributed by atoms with van der Waals surface area (Å²) in [5.74, 6) is -0.0180. The van der Waals surface area contributed by atoms with Gasteiger partial charge in [0.1, 0.15) is 11.6 Å². The van der Waals surface area contributed by atoms with Crippen LogP contribution in [0.25, 0.3) is 21.5 Å². The number of carboxylic acid groups (broad SMARTS) is 1. The van der Waals surface area contributed by atoms with Gasteiger partial charge in [-0.1, -0.05) is 49.6 Å². The van der Waals surface area contributed by atoms with Crippen LogP contribution in [0.3, 0.4) is 0 Å². The molecule has 2 fully saturated rings. The number of rotatable bonds is 9. The Morgan fingerprint density at radius 2 is 1.92 bits per heavy atom. The smallest absolute Gasteiger partial charge is 0.346 e. The number of nitrogens with zero attached hydrogens (tertiary/aromatic N) is 1. The number of thiophene rings is 1. The molecule has 9 heteroatoms. The third-order valence-electron chi connectivity index (χ3n) is 7.59. The normalized spacial score (nSPS) is 20.3. The monoisotopic (exact) mass is 530 g/mol. The number of aromatic carboxylic acids is 1. The van der Waals surface area contributed by atoms with E-state index in [-0.39, 0.29) is 17.4 Å². The second kappa shape index (κ2) is 10.7. The highest BCUT2D eigenvalue weighted by Crippen LogP contribution is 2.48. The first kappa shape index (κ1) is 25.4. The summed E-state index contributed by atoms with van der Waals surface area (Å²) < 4.78 is 32.6. The van der Waals surface area contributed by atoms with Crippen LogP contribution in [-0.2, 0) is 27.8 Å². The third-order valence-corrected chi connectivity index (χ3v) is 10.7. The summed E-state index contributed by atoms with van der Waals surface area (Å²) in [7, 11) is -1.28. The van der Waals surface area contributed by atoms with Crippen molar-refractivity contribution >= 4 is 37.4 Å². The molecule has 1 aliphatic heterocycles. The number of ether oxygens (including phenoxy) is 1. The van der Waals surface area contributed by atoms with Crippen LogP contribution in [-0.4, -0.2) is 49.2 Å². The molecule has 7 nitrogen and oxygen atoms in total. The molecule has 2 aromatic heterocycles. The van der Waals surface area contributed by atoms with Crippen LogP contribution in [0, 0.1) is 5.92 Å². The number of benzene rings is 1. The predicted molar refractivity (Wildman–Crippen MR) is 144 cm³/mol. The SMILES string of the molecule is COCn1c(-c2ccccc2)c(C2CCCCC2)c2sc(C(=O)O)c(CNCC3CCS(=O)(=O)C3)c21. The van der Waals surface area contributed by atoms with E-state index in [0.717, 1.165) is 39.9 Å². The molecule has 5 rings (SSSR count). The van der Waals surface area contributed by atoms with Gasteiger partial charge in [0.25, 0.3) is 0 Å². The highest BCUT2D eigenvalue weighted by molar-refractivity contribution is 7.91. The molecule has 1 saturated heterocycles. The Balaban J connectivity index is 1.62. The zero-order valence-electron chi connectivity index (χ0n) is 20.7. The number of carboxylic acids is 1. The molecule has 36 heavy (non-hydrogen) atoms. The van der Waals surface area contributed by atoms with Gasteiger partial charge in [-0.2, -0.15) is 0 Å². The van der Waals surface area contributed by atoms with Crippen molar-refractivity contribution in [1.82, 2.24) is 9.88 Å². The van der Waals surface area contributed by atoms with E-state index in [1.165, 1.54) is 36.2 Å². The van der Waals surface area contributed by atoms with Crippen LogP contribution in [0.5, 0.6) is 0 Å². The summed E-state index contributed by atoms with van der Waals surface area (Å²) in [5, 5.41) is 13.5. The van der Waals surface area contributed by atoms with Crippen molar-refractivity contribution in [3.05, 3.63) is 46.3 Å². The summed E-state index contributed by atoms with van der Waals surface area (Å²) in [4.78, 5) is 12.7. The van der Waals surface area contributed by atoms with Crippen LogP contribution in [0.15, 0.2) is 30.3 Å². The van der Waals surface area contributed by atoms with E-state index >= 15 is 0 Å². The third kappa shape index (κ3) is 4.98. The van der Waals surface area contributed by atoms with E-state index in [1.807, 2.05) is 18.2 Å². The number of sulfone groups is 1. The van der Waals surface area contributed by atoms with Crippen LogP contribution < -0.4 is 5.32 Å². The Hall–Kier alpha value is -2.20. The molecular formula is C27H34N2O5S2. The zero-order valence-corrected chi connectivity index (χ0v) is 22.3. The fourth-order valence-corrected chi connectivity index (χ4v) is 9.14. The molecular weight excluding hydrogens is 496 g/mol. The Labute approximate surface area is 216 Å². The highest BCUT2D eigenvalue weighted by Gasteiger charge is 2.32. The lowest BCUT2D eigenvalue weighted by Crippen LogP contribution is -2.24. The molecule has 1 saturated carbocycles. The second-order valence-electron chi connectivity index (χ2n) is 10.1. The summed E-state index contributed by atoms with van der Waals surface area (Å²) >= 11 is 1.38. The largest absolute Gasteiger partial charge is 0.477 e. The lowest BCUT2D eigenvalue weighted by atomic mass is 9.83. The quantitative estimate of drug-likeness (QED) is 0.393. The fraction of sp³-hybridized carbons (Fsp3) is 0.519. The number of aromatic nitrogens is 1. The van der Waals surface area contributed by atoms with Crippen LogP contribution >= 0.6 is 11.3 Å². The van der Waals surface area contributed by atoms with Crippen molar-refractivity contribution in [2.45, 2.75) is 57.7 Å². The molecule has 0 bridgehead atoms. The van der Waals surface area contributed by atoms with E-state index in [0.29, 0.717) is 37.0 Å². The first-order chi connectivity index (χ1) is 17.4. The molecule has 1 atom stereocenters. The maximum atomic E-state index is 12.4. The number of methoxy groups -OCH3 is 1. The van der Waals surface area contributed by atoms with E-state index < -0.39 is 15.8 Å². The average Bonchev–Trinajstić information content (AvgIpc) is 3.51. The highest BCUT2D eigenvalue weighted by atomic mass is 32.2. The molecule has 2 aliphatic rings. The van der Waals surface area contributed by atoms with Gasteiger partial charge >= 0.3 is 5.97 Å². The fourth-order valence-electron chi connectivity index (χ4n) is 6.00. The van der Waals surface area contributed by atoms with Gasteiger partial charge in [-0.3, -0.25) is 0 Å². The summed E-state index contributed by atoms with van der Waals surface area (Å²) in [6.45, 7) is 1.27. The van der Waals surface area contributed by atoms with Crippen LogP contribution in [0.4, 0.5) is 0 Å². The number of hydrogen-bond donors (Lipinski definition) is 2. The Kier molecular flexibility index (Phi) is 7.53. The standard InChI is InChI=1S/C27H34N2O5S2/c1-34-17-29-23(20-10-6-3-7-11-20)22(19-8-4-2-5-9-19)26-24(29)21(25(35-26)27(30)31)15-28-14-18-12-13-36(32,33)16-18/h3,6-7,10-11,18-19,28H,2,4-5,8-9,12-17H2,1H3,(H,30,31). The topological polar surface area (TPSA) is 97.6 Å². The molecule has 2 N–H and O–H groups in total. The molecule has 194 valence electrons. The molecule has 1 unspecified atom stereocenters. The van der Waals surface area contributed by atoms with E-state index in [2.05, 4.69) is 22.0 Å². The summed E-state index contributed by atoms with van der Waals surface area (Å²) in [5.41, 5.74) is 5.20. The van der Waals surface area contributed by atoms with Gasteiger partial charge in [-0.15, -0.1) is 11.3 Å². The van der Waals surface area contributed by atoms with Gasteiger partial charge in [0, 0.05) is 19.2 Å². The minimum atomic E-state index is -2.95. The molecule has 1 aromatic carbocycles. The molecule has 1 aliphatic carbocycles. The summed E-state index contributed by atoms with van der Waals surface area (Å²) in [6.07, 6.45) is 6.49. The van der Waals surface area contributed by atoms with Crippen molar-refractivity contribution in [1.29, 1.82) is 0 Å². The van der Waals surface area contributed by atoms with Crippen molar-refractivity contribution in [2.24, 2.45) is 5.92 Å². The van der Waals surface area contributed by atoms with Gasteiger partial charge < -0.3 is 19.7 Å². The average molecular weight is 531 g/mol. The van der Waals surface area contributed by atoms with E-state index in [4.69, 9.17) is 4.74 Å². The minimum absolute atomic E-state index is 0.0702. The van der Waals surface area contributed by atoms with Gasteiger partial charge in [-0.25, -0.2) is 13.2 Å². The first-order valence-corrected chi connectivity index (χ1v) is 15.4. The number of nitrogens with one attached hydrogen (secondary N) is 1. The number of fused-ring (bicyclic) bond motifs is 1. The van der Waals surface area contributed by atoms with Crippen molar-refractivity contribution < 1.29 is 23.1 Å². The Morgan fingerprint density at radius 3 is 2.56 bits per heavy atom. The van der Waals surface area contributed by atoms with Crippen LogP contribution in [0.1, 0.15) is 65.2 Å². The van der Waals surface area contributed by atoms with Crippen molar-refractivity contribution in [3.63, 3.8) is 0 Å². The van der Waals surface area contributed by atoms with E-state index in [9.17, 15) is 18.3 Å². The minimum Gasteiger partial charge on any atom is -0.477 e. The second-order valence-corrected chi connectivity index (χ2v) is 13.4. The van der Waals surface area contributed by atoms with Gasteiger partial charge in [-0.05, 0) is 48.8 Å². The molecule has 3 heterocycles. The van der Waals surface area contributed by atoms with E-state index in [1.54, 1.807) is 7.11 Å². The molecule has 0 amide bonds. The van der Waals surface area contributed by atoms with Crippen molar-refractivity contribution in [3.8, 4) is 11.3 Å². The predicted octanol–water partition coefficient (Wildman–Crippen LogP) is 5.24.